The van der Waals surface area contributed by atoms with Crippen LogP contribution in [-0.4, -0.2) is 38.2 Å². The first-order valence-electron chi connectivity index (χ1n) is 10.6. The van der Waals surface area contributed by atoms with Gasteiger partial charge in [0.2, 0.25) is 5.69 Å². The van der Waals surface area contributed by atoms with Gasteiger partial charge in [-0.2, -0.15) is 36.1 Å². The van der Waals surface area contributed by atoms with Crippen LogP contribution < -0.4 is 11.2 Å². The van der Waals surface area contributed by atoms with Crippen molar-refractivity contribution in [2.45, 2.75) is 32.7 Å². The van der Waals surface area contributed by atoms with Crippen molar-refractivity contribution < 1.29 is 31.1 Å². The smallest absolute Gasteiger partial charge is 0.338 e. The molecule has 0 aliphatic rings. The number of hydrogen-bond donors (Lipinski definition) is 0. The topological polar surface area (TPSA) is 77.2 Å². The second-order valence-electron chi connectivity index (χ2n) is 7.65. The van der Waals surface area contributed by atoms with Gasteiger partial charge in [0.15, 0.2) is 0 Å². The molecule has 0 aliphatic heterocycles. The van der Waals surface area contributed by atoms with E-state index in [2.05, 4.69) is 5.10 Å². The summed E-state index contributed by atoms with van der Waals surface area (Å²) < 4.78 is 78.7. The Morgan fingerprint density at radius 3 is 1.75 bits per heavy atom. The van der Waals surface area contributed by atoms with Crippen LogP contribution in [0.15, 0.2) is 58.1 Å². The van der Waals surface area contributed by atoms with E-state index in [0.29, 0.717) is 21.4 Å². The minimum Gasteiger partial charge on any atom is -0.338 e. The molecule has 36 heavy (non-hydrogen) atoms. The first kappa shape index (κ1) is 26.7. The van der Waals surface area contributed by atoms with E-state index in [1.165, 1.54) is 4.90 Å². The van der Waals surface area contributed by atoms with Crippen molar-refractivity contribution in [2.75, 3.05) is 13.1 Å². The van der Waals surface area contributed by atoms with Gasteiger partial charge in [-0.25, -0.2) is 4.79 Å². The lowest BCUT2D eigenvalue weighted by molar-refractivity contribution is -0.138. The number of aromatic nitrogens is 3. The highest BCUT2D eigenvalue weighted by Crippen LogP contribution is 2.30. The molecular formula is C23H20F6N4O3. The second kappa shape index (κ2) is 9.99. The molecule has 2 aromatic carbocycles. The Balaban J connectivity index is 2.18. The number of halogens is 6. The molecule has 0 unspecified atom stereocenters. The van der Waals surface area contributed by atoms with Crippen molar-refractivity contribution in [1.29, 1.82) is 0 Å². The molecule has 1 amide bonds. The largest absolute Gasteiger partial charge is 0.416 e. The lowest BCUT2D eigenvalue weighted by Crippen LogP contribution is -2.46. The second-order valence-corrected chi connectivity index (χ2v) is 7.65. The van der Waals surface area contributed by atoms with Gasteiger partial charge in [0.25, 0.3) is 11.5 Å². The van der Waals surface area contributed by atoms with Gasteiger partial charge in [-0.3, -0.25) is 14.2 Å². The zero-order valence-electron chi connectivity index (χ0n) is 19.0. The standard InChI is InChI=1S/C23H20F6N4O3/c1-3-31(4-2)19(34)18-20(35)32(13-14-5-7-15(8-6-14)22(24,25)26)21(36)33(30-18)17-11-9-16(10-12-17)23(27,28)29/h5-12H,3-4,13H2,1-2H3. The number of carbonyl (C=O) groups is 1. The highest BCUT2D eigenvalue weighted by Gasteiger charge is 2.31. The molecule has 0 radical (unpaired) electrons. The summed E-state index contributed by atoms with van der Waals surface area (Å²) in [5.41, 5.74) is -4.76. The first-order chi connectivity index (χ1) is 16.8. The molecule has 0 fully saturated rings. The zero-order valence-corrected chi connectivity index (χ0v) is 19.0. The maximum Gasteiger partial charge on any atom is 0.416 e. The highest BCUT2D eigenvalue weighted by molar-refractivity contribution is 5.91. The van der Waals surface area contributed by atoms with Gasteiger partial charge in [0, 0.05) is 13.1 Å². The predicted molar refractivity (Wildman–Crippen MR) is 117 cm³/mol. The van der Waals surface area contributed by atoms with Crippen molar-refractivity contribution in [3.8, 4) is 5.69 Å². The van der Waals surface area contributed by atoms with Crippen LogP contribution in [0, 0.1) is 0 Å². The van der Waals surface area contributed by atoms with E-state index >= 15 is 0 Å². The molecule has 13 heteroatoms. The average Bonchev–Trinajstić information content (AvgIpc) is 2.82. The van der Waals surface area contributed by atoms with Gasteiger partial charge in [-0.1, -0.05) is 12.1 Å². The van der Waals surface area contributed by atoms with Crippen LogP contribution in [0.1, 0.15) is 41.0 Å². The summed E-state index contributed by atoms with van der Waals surface area (Å²) >= 11 is 0. The summed E-state index contributed by atoms with van der Waals surface area (Å²) in [5, 5.41) is 3.85. The number of amides is 1. The van der Waals surface area contributed by atoms with Crippen molar-refractivity contribution >= 4 is 5.91 Å². The van der Waals surface area contributed by atoms with E-state index in [1.54, 1.807) is 13.8 Å². The Morgan fingerprint density at radius 1 is 0.833 bits per heavy atom. The molecule has 3 rings (SSSR count). The quantitative estimate of drug-likeness (QED) is 0.467. The van der Waals surface area contributed by atoms with Gasteiger partial charge < -0.3 is 4.90 Å². The van der Waals surface area contributed by atoms with Gasteiger partial charge in [-0.15, -0.1) is 0 Å². The molecular weight excluding hydrogens is 494 g/mol. The summed E-state index contributed by atoms with van der Waals surface area (Å²) in [7, 11) is 0. The Kier molecular flexibility index (Phi) is 7.41. The number of nitrogens with zero attached hydrogens (tertiary/aromatic N) is 4. The summed E-state index contributed by atoms with van der Waals surface area (Å²) in [6.45, 7) is 3.20. The van der Waals surface area contributed by atoms with Crippen LogP contribution in [0.4, 0.5) is 26.3 Å². The van der Waals surface area contributed by atoms with Crippen LogP contribution >= 0.6 is 0 Å². The zero-order chi connectivity index (χ0) is 26.8. The Bertz CT molecular complexity index is 1350. The maximum atomic E-state index is 13.1. The van der Waals surface area contributed by atoms with E-state index < -0.39 is 52.9 Å². The highest BCUT2D eigenvalue weighted by atomic mass is 19.4. The Hall–Kier alpha value is -3.90. The number of hydrogen-bond acceptors (Lipinski definition) is 4. The van der Waals surface area contributed by atoms with Gasteiger partial charge in [-0.05, 0) is 55.8 Å². The molecule has 3 aromatic rings. The fourth-order valence-electron chi connectivity index (χ4n) is 3.39. The number of alkyl halides is 6. The van der Waals surface area contributed by atoms with Gasteiger partial charge >= 0.3 is 18.0 Å². The van der Waals surface area contributed by atoms with Crippen LogP contribution in [0.5, 0.6) is 0 Å². The number of carbonyl (C=O) groups excluding carboxylic acids is 1. The number of rotatable bonds is 6. The molecule has 0 saturated carbocycles. The Morgan fingerprint density at radius 2 is 1.31 bits per heavy atom. The van der Waals surface area contributed by atoms with E-state index in [4.69, 9.17) is 0 Å². The molecule has 0 atom stereocenters. The van der Waals surface area contributed by atoms with Crippen molar-refractivity contribution in [3.05, 3.63) is 91.8 Å². The molecule has 0 spiro atoms. The predicted octanol–water partition coefficient (Wildman–Crippen LogP) is 3.96. The molecule has 0 bridgehead atoms. The molecule has 192 valence electrons. The van der Waals surface area contributed by atoms with Crippen LogP contribution in [0.25, 0.3) is 5.69 Å². The first-order valence-corrected chi connectivity index (χ1v) is 10.6. The summed E-state index contributed by atoms with van der Waals surface area (Å²) in [6.07, 6.45) is -9.23. The number of benzene rings is 2. The minimum absolute atomic E-state index is 0.147. The normalized spacial score (nSPS) is 12.0. The summed E-state index contributed by atoms with van der Waals surface area (Å²) in [4.78, 5) is 40.4. The third-order valence-corrected chi connectivity index (χ3v) is 5.37. The van der Waals surface area contributed by atoms with Gasteiger partial charge in [0.1, 0.15) is 0 Å². The monoisotopic (exact) mass is 514 g/mol. The van der Waals surface area contributed by atoms with Crippen LogP contribution in [-0.2, 0) is 18.9 Å². The lowest BCUT2D eigenvalue weighted by atomic mass is 10.1. The fourth-order valence-corrected chi connectivity index (χ4v) is 3.39. The van der Waals surface area contributed by atoms with Crippen molar-refractivity contribution in [3.63, 3.8) is 0 Å². The average molecular weight is 514 g/mol. The molecule has 0 saturated heterocycles. The molecule has 7 nitrogen and oxygen atoms in total. The van der Waals surface area contributed by atoms with Gasteiger partial charge in [0.05, 0.1) is 23.4 Å². The van der Waals surface area contributed by atoms with E-state index in [0.717, 1.165) is 36.4 Å². The lowest BCUT2D eigenvalue weighted by Gasteiger charge is -2.19. The van der Waals surface area contributed by atoms with Crippen molar-refractivity contribution in [1.82, 2.24) is 19.2 Å². The van der Waals surface area contributed by atoms with E-state index in [9.17, 15) is 40.7 Å². The summed E-state index contributed by atoms with van der Waals surface area (Å²) in [6, 6.07) is 7.02. The molecule has 0 N–H and O–H groups in total. The molecule has 1 aromatic heterocycles. The third-order valence-electron chi connectivity index (χ3n) is 5.37. The van der Waals surface area contributed by atoms with E-state index in [1.807, 2.05) is 0 Å². The molecule has 1 heterocycles. The Labute approximate surface area is 200 Å². The maximum absolute atomic E-state index is 13.1. The fraction of sp³-hybridized carbons (Fsp3) is 0.304. The van der Waals surface area contributed by atoms with Crippen molar-refractivity contribution in [2.24, 2.45) is 0 Å². The minimum atomic E-state index is -4.64. The SMILES string of the molecule is CCN(CC)C(=O)c1nn(-c2ccc(C(F)(F)F)cc2)c(=O)n(Cc2ccc(C(F)(F)F)cc2)c1=O. The van der Waals surface area contributed by atoms with E-state index in [-0.39, 0.29) is 24.3 Å². The third kappa shape index (κ3) is 5.50. The van der Waals surface area contributed by atoms with Crippen LogP contribution in [0.3, 0.4) is 0 Å². The molecule has 0 aliphatic carbocycles. The summed E-state index contributed by atoms with van der Waals surface area (Å²) in [5.74, 6) is -0.813. The van der Waals surface area contributed by atoms with Crippen LogP contribution in [0.2, 0.25) is 0 Å².